The molecule has 0 aromatic heterocycles. The summed E-state index contributed by atoms with van der Waals surface area (Å²) in [7, 11) is 0. The average Bonchev–Trinajstić information content (AvgIpc) is 2.53. The monoisotopic (exact) mass is 334 g/mol. The van der Waals surface area contributed by atoms with E-state index in [1.54, 1.807) is 6.07 Å². The molecule has 0 radical (unpaired) electrons. The molecule has 0 amide bonds. The summed E-state index contributed by atoms with van der Waals surface area (Å²) in [6.07, 6.45) is 1.11. The number of phenols is 1. The number of nitrogens with one attached hydrogen (secondary N) is 2. The quantitative estimate of drug-likeness (QED) is 0.279. The highest BCUT2D eigenvalue weighted by molar-refractivity contribution is 5.84. The second-order valence-electron chi connectivity index (χ2n) is 6.21. The molecule has 0 saturated heterocycles. The molecular formula is C16H18N2O6. The van der Waals surface area contributed by atoms with Gasteiger partial charge in [0.25, 0.3) is 0 Å². The van der Waals surface area contributed by atoms with Crippen LogP contribution in [0.2, 0.25) is 0 Å². The summed E-state index contributed by atoms with van der Waals surface area (Å²) in [5, 5.41) is 29.0. The summed E-state index contributed by atoms with van der Waals surface area (Å²) < 4.78 is 0. The summed E-state index contributed by atoms with van der Waals surface area (Å²) in [5.74, 6) is -5.50. The van der Waals surface area contributed by atoms with Crippen molar-refractivity contribution in [2.75, 3.05) is 6.54 Å². The fourth-order valence-electron chi connectivity index (χ4n) is 4.22. The topological polar surface area (TPSA) is 136 Å². The van der Waals surface area contributed by atoms with E-state index in [2.05, 4.69) is 10.9 Å². The molecule has 1 aromatic rings. The van der Waals surface area contributed by atoms with Crippen LogP contribution in [-0.2, 0) is 14.4 Å². The predicted octanol–water partition coefficient (Wildman–Crippen LogP) is 0.0400. The molecule has 5 unspecified atom stereocenters. The van der Waals surface area contributed by atoms with Crippen LogP contribution >= 0.6 is 0 Å². The Morgan fingerprint density at radius 1 is 1.17 bits per heavy atom. The van der Waals surface area contributed by atoms with Gasteiger partial charge in [-0.05, 0) is 35.6 Å². The number of fused-ring (bicyclic) bond motifs is 2. The molecule has 5 N–H and O–H groups in total. The highest BCUT2D eigenvalue weighted by atomic mass is 16.4. The van der Waals surface area contributed by atoms with Gasteiger partial charge in [0.15, 0.2) is 0 Å². The van der Waals surface area contributed by atoms with E-state index in [9.17, 15) is 29.7 Å². The lowest BCUT2D eigenvalue weighted by Crippen LogP contribution is -2.58. The van der Waals surface area contributed by atoms with Gasteiger partial charge in [-0.2, -0.15) is 0 Å². The van der Waals surface area contributed by atoms with Crippen molar-refractivity contribution >= 4 is 18.2 Å². The number of carbonyl (C=O) groups is 3. The molecule has 3 aliphatic rings. The van der Waals surface area contributed by atoms with E-state index < -0.39 is 35.6 Å². The van der Waals surface area contributed by atoms with Crippen molar-refractivity contribution in [2.45, 2.75) is 24.3 Å². The lowest BCUT2D eigenvalue weighted by atomic mass is 9.54. The minimum Gasteiger partial charge on any atom is -0.508 e. The molecule has 0 heterocycles. The van der Waals surface area contributed by atoms with Gasteiger partial charge in [-0.15, -0.1) is 0 Å². The zero-order valence-corrected chi connectivity index (χ0v) is 12.7. The molecule has 0 aliphatic heterocycles. The molecule has 128 valence electrons. The zero-order valence-electron chi connectivity index (χ0n) is 12.7. The molecule has 24 heavy (non-hydrogen) atoms. The smallest absolute Gasteiger partial charge is 0.308 e. The van der Waals surface area contributed by atoms with Gasteiger partial charge in [0.1, 0.15) is 12.0 Å². The zero-order chi connectivity index (χ0) is 17.4. The number of hydrogen-bond acceptors (Lipinski definition) is 6. The Hall–Kier alpha value is -2.45. The van der Waals surface area contributed by atoms with E-state index >= 15 is 0 Å². The molecule has 1 aromatic carbocycles. The van der Waals surface area contributed by atoms with Crippen LogP contribution in [0, 0.1) is 11.8 Å². The number of aromatic hydroxyl groups is 1. The highest BCUT2D eigenvalue weighted by Gasteiger charge is 2.57. The van der Waals surface area contributed by atoms with Crippen molar-refractivity contribution in [3.63, 3.8) is 0 Å². The molecule has 3 aliphatic carbocycles. The van der Waals surface area contributed by atoms with E-state index in [-0.39, 0.29) is 18.3 Å². The van der Waals surface area contributed by atoms with Gasteiger partial charge in [0.05, 0.1) is 18.4 Å². The first kappa shape index (κ1) is 16.4. The van der Waals surface area contributed by atoms with Crippen molar-refractivity contribution in [3.8, 4) is 5.75 Å². The Kier molecular flexibility index (Phi) is 4.25. The molecule has 0 spiro atoms. The molecule has 1 saturated carbocycles. The number of aliphatic carboxylic acids is 2. The van der Waals surface area contributed by atoms with E-state index in [4.69, 9.17) is 0 Å². The number of carboxylic acids is 2. The molecule has 2 bridgehead atoms. The number of benzene rings is 1. The van der Waals surface area contributed by atoms with Crippen LogP contribution in [0.25, 0.3) is 0 Å². The number of hydrogen-bond donors (Lipinski definition) is 5. The first-order chi connectivity index (χ1) is 11.5. The van der Waals surface area contributed by atoms with Crippen LogP contribution < -0.4 is 10.9 Å². The minimum absolute atomic E-state index is 0.0110. The van der Waals surface area contributed by atoms with Crippen LogP contribution in [0.3, 0.4) is 0 Å². The van der Waals surface area contributed by atoms with Gasteiger partial charge in [-0.1, -0.05) is 6.07 Å². The van der Waals surface area contributed by atoms with Crippen LogP contribution in [0.4, 0.5) is 0 Å². The summed E-state index contributed by atoms with van der Waals surface area (Å²) in [4.78, 5) is 34.0. The lowest BCUT2D eigenvalue weighted by molar-refractivity contribution is -0.159. The fourth-order valence-corrected chi connectivity index (χ4v) is 4.22. The molecular weight excluding hydrogens is 316 g/mol. The summed E-state index contributed by atoms with van der Waals surface area (Å²) in [6, 6.07) is 4.32. The SMILES string of the molecule is O=CCNNC1CC2c3ccc(O)cc3C1C(C(=O)O)C2C(=O)O. The maximum atomic E-state index is 11.8. The molecule has 5 atom stereocenters. The molecule has 8 nitrogen and oxygen atoms in total. The number of hydrazine groups is 1. The predicted molar refractivity (Wildman–Crippen MR) is 81.4 cm³/mol. The van der Waals surface area contributed by atoms with Crippen LogP contribution in [0.5, 0.6) is 5.75 Å². The van der Waals surface area contributed by atoms with Crippen LogP contribution in [0.1, 0.15) is 29.4 Å². The second-order valence-corrected chi connectivity index (χ2v) is 6.21. The van der Waals surface area contributed by atoms with E-state index in [1.165, 1.54) is 12.1 Å². The number of rotatable bonds is 6. The Labute approximate surface area is 137 Å². The Bertz CT molecular complexity index is 691. The summed E-state index contributed by atoms with van der Waals surface area (Å²) in [6.45, 7) is 0.0564. The normalized spacial score (nSPS) is 30.6. The Balaban J connectivity index is 2.06. The third kappa shape index (κ3) is 2.53. The molecule has 8 heteroatoms. The van der Waals surface area contributed by atoms with Crippen molar-refractivity contribution in [1.82, 2.24) is 10.9 Å². The Morgan fingerprint density at radius 2 is 1.88 bits per heavy atom. The van der Waals surface area contributed by atoms with Crippen molar-refractivity contribution in [3.05, 3.63) is 29.3 Å². The molecule has 4 rings (SSSR count). The number of aldehydes is 1. The first-order valence-electron chi connectivity index (χ1n) is 7.66. The van der Waals surface area contributed by atoms with Crippen LogP contribution in [0.15, 0.2) is 18.2 Å². The average molecular weight is 334 g/mol. The largest absolute Gasteiger partial charge is 0.508 e. The van der Waals surface area contributed by atoms with Crippen LogP contribution in [-0.4, -0.2) is 46.1 Å². The minimum atomic E-state index is -1.17. The second kappa shape index (κ2) is 6.21. The van der Waals surface area contributed by atoms with Gasteiger partial charge in [-0.3, -0.25) is 20.4 Å². The van der Waals surface area contributed by atoms with E-state index in [0.29, 0.717) is 18.3 Å². The highest BCUT2D eigenvalue weighted by Crippen LogP contribution is 2.56. The van der Waals surface area contributed by atoms with Gasteiger partial charge in [-0.25, -0.2) is 0 Å². The summed E-state index contributed by atoms with van der Waals surface area (Å²) in [5.41, 5.74) is 7.09. The van der Waals surface area contributed by atoms with Gasteiger partial charge < -0.3 is 20.1 Å². The standard InChI is InChI=1S/C16H18N2O6/c19-4-3-17-18-11-6-10-8-2-1-7(20)5-9(8)12(11)14(16(23)24)13(10)15(21)22/h1-2,4-5,10-14,17-18,20H,3,6H2,(H,21,22)(H,23,24). The third-order valence-corrected chi connectivity index (χ3v) is 5.02. The number of phenolic OH excluding ortho intramolecular Hbond substituents is 1. The van der Waals surface area contributed by atoms with Crippen molar-refractivity contribution in [2.24, 2.45) is 11.8 Å². The lowest BCUT2D eigenvalue weighted by Gasteiger charge is -2.50. The van der Waals surface area contributed by atoms with Gasteiger partial charge in [0.2, 0.25) is 0 Å². The molecule has 1 fully saturated rings. The maximum absolute atomic E-state index is 11.8. The number of carbonyl (C=O) groups excluding carboxylic acids is 1. The van der Waals surface area contributed by atoms with E-state index in [0.717, 1.165) is 5.56 Å². The number of carboxylic acid groups (broad SMARTS) is 2. The summed E-state index contributed by atoms with van der Waals surface area (Å²) >= 11 is 0. The maximum Gasteiger partial charge on any atom is 0.308 e. The van der Waals surface area contributed by atoms with Crippen molar-refractivity contribution in [1.29, 1.82) is 0 Å². The van der Waals surface area contributed by atoms with Gasteiger partial charge >= 0.3 is 11.9 Å². The fraction of sp³-hybridized carbons (Fsp3) is 0.438. The Morgan fingerprint density at radius 3 is 2.50 bits per heavy atom. The first-order valence-corrected chi connectivity index (χ1v) is 7.66. The van der Waals surface area contributed by atoms with Crippen molar-refractivity contribution < 1.29 is 29.7 Å². The third-order valence-electron chi connectivity index (χ3n) is 5.02. The van der Waals surface area contributed by atoms with Gasteiger partial charge in [0, 0.05) is 12.0 Å². The van der Waals surface area contributed by atoms with E-state index in [1.807, 2.05) is 0 Å².